The molecule has 0 atom stereocenters. The summed E-state index contributed by atoms with van der Waals surface area (Å²) in [5.41, 5.74) is 1.24. The number of piperazine rings is 1. The van der Waals surface area contributed by atoms with Crippen LogP contribution in [-0.4, -0.2) is 61.7 Å². The summed E-state index contributed by atoms with van der Waals surface area (Å²) < 4.78 is 4.97. The van der Waals surface area contributed by atoms with Crippen LogP contribution >= 0.6 is 0 Å². The lowest BCUT2D eigenvalue weighted by molar-refractivity contribution is -0.123. The van der Waals surface area contributed by atoms with Crippen LogP contribution in [0.15, 0.2) is 18.3 Å². The molecule has 1 aliphatic heterocycles. The normalized spacial score (nSPS) is 14.7. The summed E-state index contributed by atoms with van der Waals surface area (Å²) in [5, 5.41) is 2.42. The molecule has 0 unspecified atom stereocenters. The van der Waals surface area contributed by atoms with Gasteiger partial charge in [-0.25, -0.2) is 9.78 Å². The highest BCUT2D eigenvalue weighted by atomic mass is 16.6. The van der Waals surface area contributed by atoms with Gasteiger partial charge in [-0.2, -0.15) is 0 Å². The monoisotopic (exact) mass is 334 g/mol. The molecule has 1 aliphatic rings. The van der Waals surface area contributed by atoms with Crippen LogP contribution in [0, 0.1) is 5.92 Å². The second-order valence-corrected chi connectivity index (χ2v) is 6.32. The first-order valence-corrected chi connectivity index (χ1v) is 8.31. The summed E-state index contributed by atoms with van der Waals surface area (Å²) >= 11 is 0. The van der Waals surface area contributed by atoms with E-state index in [2.05, 4.69) is 35.1 Å². The van der Waals surface area contributed by atoms with Crippen molar-refractivity contribution in [3.05, 3.63) is 23.9 Å². The molecular formula is C17H26N4O3. The van der Waals surface area contributed by atoms with Crippen molar-refractivity contribution in [2.24, 2.45) is 5.92 Å². The molecule has 2 amide bonds. The summed E-state index contributed by atoms with van der Waals surface area (Å²) in [6, 6.07) is 4.16. The van der Waals surface area contributed by atoms with E-state index in [0.717, 1.165) is 12.2 Å². The van der Waals surface area contributed by atoms with Crippen molar-refractivity contribution in [3.8, 4) is 0 Å². The molecule has 1 aromatic rings. The van der Waals surface area contributed by atoms with Gasteiger partial charge in [0.1, 0.15) is 5.82 Å². The van der Waals surface area contributed by atoms with Gasteiger partial charge in [-0.05, 0) is 24.0 Å². The van der Waals surface area contributed by atoms with Crippen LogP contribution in [0.1, 0.15) is 19.4 Å². The number of carbonyl (C=O) groups is 2. The van der Waals surface area contributed by atoms with Crippen molar-refractivity contribution in [3.63, 3.8) is 0 Å². The zero-order valence-corrected chi connectivity index (χ0v) is 14.6. The van der Waals surface area contributed by atoms with Crippen molar-refractivity contribution < 1.29 is 14.3 Å². The summed E-state index contributed by atoms with van der Waals surface area (Å²) in [6.45, 7) is 6.66. The Labute approximate surface area is 143 Å². The summed E-state index contributed by atoms with van der Waals surface area (Å²) in [4.78, 5) is 31.3. The Morgan fingerprint density at radius 3 is 2.50 bits per heavy atom. The van der Waals surface area contributed by atoms with Crippen molar-refractivity contribution in [2.75, 3.05) is 44.7 Å². The molecule has 2 heterocycles. The number of ether oxygens (including phenoxy) is 1. The van der Waals surface area contributed by atoms with Crippen molar-refractivity contribution >= 4 is 17.8 Å². The summed E-state index contributed by atoms with van der Waals surface area (Å²) in [5.74, 6) is 1.23. The third-order valence-electron chi connectivity index (χ3n) is 3.92. The zero-order chi connectivity index (χ0) is 17.5. The van der Waals surface area contributed by atoms with Gasteiger partial charge in [-0.15, -0.1) is 0 Å². The molecule has 1 fully saturated rings. The number of nitrogens with zero attached hydrogens (tertiary/aromatic N) is 3. The van der Waals surface area contributed by atoms with Gasteiger partial charge in [0.05, 0.1) is 0 Å². The first-order valence-electron chi connectivity index (χ1n) is 8.31. The molecule has 1 saturated heterocycles. The first-order chi connectivity index (χ1) is 11.5. The third kappa shape index (κ3) is 5.11. The van der Waals surface area contributed by atoms with E-state index in [1.54, 1.807) is 4.90 Å². The van der Waals surface area contributed by atoms with Crippen LogP contribution in [0.2, 0.25) is 0 Å². The van der Waals surface area contributed by atoms with Gasteiger partial charge in [0.2, 0.25) is 0 Å². The molecule has 0 aliphatic carbocycles. The molecule has 24 heavy (non-hydrogen) atoms. The standard InChI is InChI=1S/C17H26N4O3/c1-13(2)10-14-4-5-15(19-11-14)20-6-8-21(9-7-20)17(23)24-12-16(22)18-3/h4-5,11,13H,6-10,12H2,1-3H3,(H,18,22). The van der Waals surface area contributed by atoms with Gasteiger partial charge in [0.25, 0.3) is 5.91 Å². The quantitative estimate of drug-likeness (QED) is 0.878. The van der Waals surface area contributed by atoms with E-state index in [1.165, 1.54) is 12.6 Å². The fraction of sp³-hybridized carbons (Fsp3) is 0.588. The minimum absolute atomic E-state index is 0.242. The number of likely N-dealkylation sites (N-methyl/N-ethyl adjacent to an activating group) is 1. The molecule has 0 aromatic carbocycles. The maximum Gasteiger partial charge on any atom is 0.410 e. The van der Waals surface area contributed by atoms with Crippen LogP contribution in [-0.2, 0) is 16.0 Å². The number of anilines is 1. The lowest BCUT2D eigenvalue weighted by Gasteiger charge is -2.34. The Morgan fingerprint density at radius 1 is 1.25 bits per heavy atom. The van der Waals surface area contributed by atoms with E-state index in [4.69, 9.17) is 4.74 Å². The highest BCUT2D eigenvalue weighted by molar-refractivity contribution is 5.79. The van der Waals surface area contributed by atoms with Gasteiger partial charge < -0.3 is 19.9 Å². The molecule has 1 aromatic heterocycles. The van der Waals surface area contributed by atoms with E-state index < -0.39 is 6.09 Å². The van der Waals surface area contributed by atoms with Gasteiger partial charge in [0.15, 0.2) is 6.61 Å². The highest BCUT2D eigenvalue weighted by Crippen LogP contribution is 2.16. The molecule has 0 radical (unpaired) electrons. The van der Waals surface area contributed by atoms with Crippen molar-refractivity contribution in [1.29, 1.82) is 0 Å². The first kappa shape index (κ1) is 18.0. The SMILES string of the molecule is CNC(=O)COC(=O)N1CCN(c2ccc(CC(C)C)cn2)CC1. The van der Waals surface area contributed by atoms with Crippen LogP contribution < -0.4 is 10.2 Å². The molecule has 7 nitrogen and oxygen atoms in total. The molecule has 0 bridgehead atoms. The number of rotatable bonds is 5. The molecule has 2 rings (SSSR count). The van der Waals surface area contributed by atoms with E-state index in [0.29, 0.717) is 32.1 Å². The molecule has 0 spiro atoms. The van der Waals surface area contributed by atoms with E-state index >= 15 is 0 Å². The number of carbonyl (C=O) groups excluding carboxylic acids is 2. The molecular weight excluding hydrogens is 308 g/mol. The Bertz CT molecular complexity index is 551. The van der Waals surface area contributed by atoms with Gasteiger partial charge in [-0.1, -0.05) is 19.9 Å². The van der Waals surface area contributed by atoms with Gasteiger partial charge >= 0.3 is 6.09 Å². The molecule has 1 N–H and O–H groups in total. The average molecular weight is 334 g/mol. The predicted octanol–water partition coefficient (Wildman–Crippen LogP) is 1.28. The number of hydrogen-bond acceptors (Lipinski definition) is 5. The van der Waals surface area contributed by atoms with E-state index in [-0.39, 0.29) is 12.5 Å². The van der Waals surface area contributed by atoms with Crippen molar-refractivity contribution in [2.45, 2.75) is 20.3 Å². The zero-order valence-electron chi connectivity index (χ0n) is 14.6. The smallest absolute Gasteiger partial charge is 0.410 e. The minimum Gasteiger partial charge on any atom is -0.439 e. The second kappa shape index (κ2) is 8.52. The lowest BCUT2D eigenvalue weighted by atomic mass is 10.1. The number of pyridine rings is 1. The number of hydrogen-bond donors (Lipinski definition) is 1. The fourth-order valence-electron chi connectivity index (χ4n) is 2.60. The molecule has 132 valence electrons. The van der Waals surface area contributed by atoms with Crippen LogP contribution in [0.4, 0.5) is 10.6 Å². The Hall–Kier alpha value is -2.31. The average Bonchev–Trinajstić information content (AvgIpc) is 2.59. The Morgan fingerprint density at radius 2 is 1.96 bits per heavy atom. The summed E-state index contributed by atoms with van der Waals surface area (Å²) in [7, 11) is 1.51. The van der Waals surface area contributed by atoms with E-state index in [9.17, 15) is 9.59 Å². The molecule has 7 heteroatoms. The predicted molar refractivity (Wildman–Crippen MR) is 92.0 cm³/mol. The lowest BCUT2D eigenvalue weighted by Crippen LogP contribution is -2.49. The fourth-order valence-corrected chi connectivity index (χ4v) is 2.60. The van der Waals surface area contributed by atoms with Crippen LogP contribution in [0.3, 0.4) is 0 Å². The van der Waals surface area contributed by atoms with Gasteiger partial charge in [0, 0.05) is 39.4 Å². The van der Waals surface area contributed by atoms with Crippen LogP contribution in [0.5, 0.6) is 0 Å². The third-order valence-corrected chi connectivity index (χ3v) is 3.92. The van der Waals surface area contributed by atoms with Gasteiger partial charge in [-0.3, -0.25) is 4.79 Å². The Balaban J connectivity index is 1.81. The minimum atomic E-state index is -0.446. The number of amides is 2. The Kier molecular flexibility index (Phi) is 6.40. The van der Waals surface area contributed by atoms with Crippen molar-refractivity contribution in [1.82, 2.24) is 15.2 Å². The topological polar surface area (TPSA) is 74.8 Å². The number of nitrogens with one attached hydrogen (secondary N) is 1. The highest BCUT2D eigenvalue weighted by Gasteiger charge is 2.23. The van der Waals surface area contributed by atoms with E-state index in [1.807, 2.05) is 12.3 Å². The van der Waals surface area contributed by atoms with Crippen LogP contribution in [0.25, 0.3) is 0 Å². The maximum absolute atomic E-state index is 11.9. The number of aromatic nitrogens is 1. The molecule has 0 saturated carbocycles. The largest absolute Gasteiger partial charge is 0.439 e. The second-order valence-electron chi connectivity index (χ2n) is 6.32. The maximum atomic E-state index is 11.9. The summed E-state index contributed by atoms with van der Waals surface area (Å²) in [6.07, 6.45) is 2.51.